The van der Waals surface area contributed by atoms with Gasteiger partial charge in [0.25, 0.3) is 18.3 Å². The molecule has 4 aromatic rings. The van der Waals surface area contributed by atoms with Crippen molar-refractivity contribution in [1.82, 2.24) is 14.8 Å². The van der Waals surface area contributed by atoms with Gasteiger partial charge >= 0.3 is 0 Å². The van der Waals surface area contributed by atoms with E-state index in [0.29, 0.717) is 28.4 Å². The standard InChI is InChI=1S/C32H24F8N4O2/c33-18-10-16(11-19(34)13-18)9-17(27-22(4-2-8-41-27)21-3-1-5-24-23(21)14-25(46)42-24)12-20(45)15-44-29-26(28(43-44)30(35)36)31(37,38)6-7-32(29,39)40/h1-5,8,10-11,13,17,30H,6-7,9,12,14-15H2,(H,42,46)/t17-/m1/s1. The van der Waals surface area contributed by atoms with E-state index >= 15 is 0 Å². The van der Waals surface area contributed by atoms with Crippen molar-refractivity contribution in [3.05, 3.63) is 100 Å². The summed E-state index contributed by atoms with van der Waals surface area (Å²) < 4.78 is 115. The van der Waals surface area contributed by atoms with Gasteiger partial charge in [0.1, 0.15) is 29.6 Å². The predicted octanol–water partition coefficient (Wildman–Crippen LogP) is 7.62. The van der Waals surface area contributed by atoms with E-state index in [4.69, 9.17) is 0 Å². The molecule has 6 rings (SSSR count). The number of nitrogens with one attached hydrogen (secondary N) is 1. The Balaban J connectivity index is 1.40. The minimum absolute atomic E-state index is 0.0499. The molecule has 0 radical (unpaired) electrons. The molecule has 0 fully saturated rings. The number of hydrogen-bond acceptors (Lipinski definition) is 4. The summed E-state index contributed by atoms with van der Waals surface area (Å²) >= 11 is 0. The molecular formula is C32H24F8N4O2. The van der Waals surface area contributed by atoms with Crippen molar-refractivity contribution in [3.63, 3.8) is 0 Å². The maximum Gasteiger partial charge on any atom is 0.290 e. The summed E-state index contributed by atoms with van der Waals surface area (Å²) in [4.78, 5) is 30.1. The molecule has 1 atom stereocenters. The zero-order chi connectivity index (χ0) is 33.0. The van der Waals surface area contributed by atoms with E-state index in [2.05, 4.69) is 15.4 Å². The number of ketones is 1. The molecule has 0 saturated carbocycles. The topological polar surface area (TPSA) is 76.9 Å². The van der Waals surface area contributed by atoms with E-state index in [9.17, 15) is 44.7 Å². The molecule has 2 aliphatic rings. The summed E-state index contributed by atoms with van der Waals surface area (Å²) in [5.41, 5.74) is -1.86. The normalized spacial score (nSPS) is 17.0. The SMILES string of the molecule is O=C(C[C@@H](Cc1cc(F)cc(F)c1)c1ncccc1-c1cccc2c1CC(=O)N2)Cn1nc(C(F)F)c2c1C(F)(F)CCC2(F)F. The number of aromatic nitrogens is 3. The van der Waals surface area contributed by atoms with Crippen LogP contribution in [0.1, 0.15) is 65.4 Å². The van der Waals surface area contributed by atoms with Crippen molar-refractivity contribution >= 4 is 17.4 Å². The van der Waals surface area contributed by atoms with E-state index in [1.807, 2.05) is 0 Å². The second kappa shape index (κ2) is 11.6. The van der Waals surface area contributed by atoms with E-state index in [0.717, 1.165) is 12.1 Å². The Hall–Kier alpha value is -4.62. The van der Waals surface area contributed by atoms with Gasteiger partial charge in [-0.2, -0.15) is 13.9 Å². The zero-order valence-electron chi connectivity index (χ0n) is 23.8. The van der Waals surface area contributed by atoms with Crippen LogP contribution in [-0.2, 0) is 40.8 Å². The van der Waals surface area contributed by atoms with Crippen LogP contribution in [0.5, 0.6) is 0 Å². The van der Waals surface area contributed by atoms with Crippen LogP contribution < -0.4 is 5.32 Å². The number of carbonyl (C=O) groups excluding carboxylic acids is 2. The lowest BCUT2D eigenvalue weighted by Crippen LogP contribution is -2.33. The monoisotopic (exact) mass is 648 g/mol. The van der Waals surface area contributed by atoms with Crippen molar-refractivity contribution in [2.24, 2.45) is 0 Å². The molecule has 2 aromatic carbocycles. The molecule has 1 aliphatic carbocycles. The van der Waals surface area contributed by atoms with Crippen LogP contribution in [0, 0.1) is 11.6 Å². The number of halogens is 8. The number of amides is 1. The second-order valence-electron chi connectivity index (χ2n) is 11.4. The highest BCUT2D eigenvalue weighted by Crippen LogP contribution is 2.52. The maximum atomic E-state index is 14.9. The molecule has 1 N–H and O–H groups in total. The average molecular weight is 649 g/mol. The molecule has 0 spiro atoms. The lowest BCUT2D eigenvalue weighted by molar-refractivity contribution is -0.121. The average Bonchev–Trinajstić information content (AvgIpc) is 3.56. The van der Waals surface area contributed by atoms with Crippen molar-refractivity contribution in [3.8, 4) is 11.1 Å². The van der Waals surface area contributed by atoms with Crippen molar-refractivity contribution in [2.45, 2.75) is 62.8 Å². The second-order valence-corrected chi connectivity index (χ2v) is 11.4. The molecule has 240 valence electrons. The summed E-state index contributed by atoms with van der Waals surface area (Å²) in [5, 5.41) is 6.09. The Morgan fingerprint density at radius 3 is 2.35 bits per heavy atom. The van der Waals surface area contributed by atoms with Gasteiger partial charge in [0.05, 0.1) is 17.7 Å². The Bertz CT molecular complexity index is 1840. The first-order valence-electron chi connectivity index (χ1n) is 14.2. The van der Waals surface area contributed by atoms with Crippen LogP contribution >= 0.6 is 0 Å². The molecule has 6 nitrogen and oxygen atoms in total. The lowest BCUT2D eigenvalue weighted by atomic mass is 9.85. The summed E-state index contributed by atoms with van der Waals surface area (Å²) in [5.74, 6) is -11.8. The highest BCUT2D eigenvalue weighted by atomic mass is 19.3. The Morgan fingerprint density at radius 1 is 0.935 bits per heavy atom. The summed E-state index contributed by atoms with van der Waals surface area (Å²) in [6, 6.07) is 11.2. The van der Waals surface area contributed by atoms with Gasteiger partial charge in [0.15, 0.2) is 5.78 Å². The third-order valence-corrected chi connectivity index (χ3v) is 8.16. The Labute approximate surface area is 256 Å². The third-order valence-electron chi connectivity index (χ3n) is 8.16. The number of fused-ring (bicyclic) bond motifs is 2. The minimum atomic E-state index is -4.01. The number of pyridine rings is 1. The molecule has 2 aromatic heterocycles. The van der Waals surface area contributed by atoms with Gasteiger partial charge in [-0.3, -0.25) is 19.3 Å². The summed E-state index contributed by atoms with van der Waals surface area (Å²) in [6.07, 6.45) is -5.54. The quantitative estimate of drug-likeness (QED) is 0.190. The number of benzene rings is 2. The van der Waals surface area contributed by atoms with Gasteiger partial charge < -0.3 is 5.32 Å². The highest BCUT2D eigenvalue weighted by Gasteiger charge is 2.55. The van der Waals surface area contributed by atoms with Crippen LogP contribution in [0.25, 0.3) is 11.1 Å². The molecular weight excluding hydrogens is 624 g/mol. The fourth-order valence-electron chi connectivity index (χ4n) is 6.29. The van der Waals surface area contributed by atoms with E-state index in [1.54, 1.807) is 30.3 Å². The van der Waals surface area contributed by atoms with E-state index in [-0.39, 0.29) is 34.7 Å². The first kappa shape index (κ1) is 31.4. The summed E-state index contributed by atoms with van der Waals surface area (Å²) in [6.45, 7) is -1.05. The fraction of sp³-hybridized carbons (Fsp3) is 0.312. The molecule has 1 amide bonds. The van der Waals surface area contributed by atoms with Crippen molar-refractivity contribution < 1.29 is 44.7 Å². The maximum absolute atomic E-state index is 14.9. The first-order valence-corrected chi connectivity index (χ1v) is 14.2. The Morgan fingerprint density at radius 2 is 1.63 bits per heavy atom. The Kier molecular flexibility index (Phi) is 7.93. The van der Waals surface area contributed by atoms with Crippen molar-refractivity contribution in [1.29, 1.82) is 0 Å². The van der Waals surface area contributed by atoms with Gasteiger partial charge in [-0.1, -0.05) is 18.2 Å². The number of rotatable bonds is 9. The van der Waals surface area contributed by atoms with Gasteiger partial charge in [0, 0.05) is 48.7 Å². The smallest absolute Gasteiger partial charge is 0.290 e. The number of alkyl halides is 6. The number of carbonyl (C=O) groups is 2. The molecule has 46 heavy (non-hydrogen) atoms. The van der Waals surface area contributed by atoms with E-state index < -0.39 is 84.4 Å². The first-order chi connectivity index (χ1) is 21.7. The predicted molar refractivity (Wildman–Crippen MR) is 149 cm³/mol. The number of nitrogens with zero attached hydrogens (tertiary/aromatic N) is 3. The van der Waals surface area contributed by atoms with Crippen LogP contribution in [-0.4, -0.2) is 26.5 Å². The van der Waals surface area contributed by atoms with Crippen LogP contribution in [0.15, 0.2) is 54.7 Å². The molecule has 14 heteroatoms. The molecule has 0 saturated heterocycles. The van der Waals surface area contributed by atoms with Crippen LogP contribution in [0.2, 0.25) is 0 Å². The van der Waals surface area contributed by atoms with Crippen molar-refractivity contribution in [2.75, 3.05) is 5.32 Å². The van der Waals surface area contributed by atoms with Gasteiger partial charge in [-0.15, -0.1) is 0 Å². The van der Waals surface area contributed by atoms with E-state index in [1.165, 1.54) is 6.20 Å². The molecule has 0 unspecified atom stereocenters. The van der Waals surface area contributed by atoms with Gasteiger partial charge in [-0.25, -0.2) is 26.3 Å². The minimum Gasteiger partial charge on any atom is -0.326 e. The van der Waals surface area contributed by atoms with Gasteiger partial charge in [-0.05, 0) is 47.4 Å². The zero-order valence-corrected chi connectivity index (χ0v) is 23.8. The van der Waals surface area contributed by atoms with Crippen LogP contribution in [0.3, 0.4) is 0 Å². The molecule has 0 bridgehead atoms. The fourth-order valence-corrected chi connectivity index (χ4v) is 6.29. The van der Waals surface area contributed by atoms with Crippen LogP contribution in [0.4, 0.5) is 40.8 Å². The lowest BCUT2D eigenvalue weighted by Gasteiger charge is -2.29. The number of Topliss-reactive ketones (excluding diaryl/α,β-unsaturated/α-hetero) is 1. The third kappa shape index (κ3) is 5.87. The van der Waals surface area contributed by atoms with Gasteiger partial charge in [0.2, 0.25) is 5.91 Å². The highest BCUT2D eigenvalue weighted by molar-refractivity contribution is 6.02. The number of anilines is 1. The largest absolute Gasteiger partial charge is 0.326 e. The molecule has 1 aliphatic heterocycles. The molecule has 3 heterocycles. The number of hydrogen-bond donors (Lipinski definition) is 1. The summed E-state index contributed by atoms with van der Waals surface area (Å²) in [7, 11) is 0.